The monoisotopic (exact) mass is 697 g/mol. The van der Waals surface area contributed by atoms with Crippen LogP contribution in [0.1, 0.15) is 5.56 Å². The fraction of sp³-hybridized carbons (Fsp3) is 0. The standard InChI is InChI=1S/C52H31N3/c53-32-33-23-27-48-46(30-33)47-31-35(24-28-49(47)55(48)36-14-2-1-3-15-36)50-40-18-6-8-20-42(40)51(43-21-9-7-19-41(43)50)44-26-25-39(37-16-4-5-17-38(37)44)45-22-10-12-34-13-11-29-54-52(34)45/h1-31H. The van der Waals surface area contributed by atoms with Gasteiger partial charge in [0.25, 0.3) is 0 Å². The summed E-state index contributed by atoms with van der Waals surface area (Å²) in [5, 5.41) is 20.5. The highest BCUT2D eigenvalue weighted by Gasteiger charge is 2.21. The number of pyridine rings is 1. The van der Waals surface area contributed by atoms with Crippen molar-refractivity contribution in [3.8, 4) is 45.1 Å². The van der Waals surface area contributed by atoms with E-state index in [4.69, 9.17) is 4.98 Å². The van der Waals surface area contributed by atoms with Crippen LogP contribution in [0.2, 0.25) is 0 Å². The van der Waals surface area contributed by atoms with Gasteiger partial charge in [-0.15, -0.1) is 0 Å². The molecule has 0 bridgehead atoms. The third-order valence-corrected chi connectivity index (χ3v) is 11.2. The molecule has 0 spiro atoms. The summed E-state index contributed by atoms with van der Waals surface area (Å²) in [7, 11) is 0. The summed E-state index contributed by atoms with van der Waals surface area (Å²) in [5.74, 6) is 0. The molecule has 11 rings (SSSR count). The number of para-hydroxylation sites is 2. The Morgan fingerprint density at radius 1 is 0.418 bits per heavy atom. The number of rotatable bonds is 4. The molecule has 0 saturated heterocycles. The van der Waals surface area contributed by atoms with Crippen molar-refractivity contribution in [2.24, 2.45) is 0 Å². The van der Waals surface area contributed by atoms with Gasteiger partial charge in [-0.3, -0.25) is 4.98 Å². The van der Waals surface area contributed by atoms with Gasteiger partial charge in [0.05, 0.1) is 28.2 Å². The Bertz CT molecular complexity index is 3320. The molecular formula is C52H31N3. The molecule has 0 amide bonds. The summed E-state index contributed by atoms with van der Waals surface area (Å²) in [5.41, 5.74) is 12.0. The molecule has 0 unspecified atom stereocenters. The second kappa shape index (κ2) is 12.3. The summed E-state index contributed by atoms with van der Waals surface area (Å²) in [6.07, 6.45) is 1.88. The van der Waals surface area contributed by atoms with Crippen molar-refractivity contribution in [3.63, 3.8) is 0 Å². The average molecular weight is 698 g/mol. The Labute approximate surface area is 317 Å². The van der Waals surface area contributed by atoms with E-state index in [1.54, 1.807) is 0 Å². The van der Waals surface area contributed by atoms with E-state index in [1.807, 2.05) is 30.5 Å². The molecule has 0 aliphatic carbocycles. The van der Waals surface area contributed by atoms with Crippen LogP contribution < -0.4 is 0 Å². The fourth-order valence-electron chi connectivity index (χ4n) is 8.91. The van der Waals surface area contributed by atoms with Gasteiger partial charge < -0.3 is 4.57 Å². The fourth-order valence-corrected chi connectivity index (χ4v) is 8.91. The zero-order valence-electron chi connectivity index (χ0n) is 29.7. The number of nitrogens with zero attached hydrogens (tertiary/aromatic N) is 3. The van der Waals surface area contributed by atoms with Gasteiger partial charge in [-0.2, -0.15) is 5.26 Å². The normalized spacial score (nSPS) is 11.6. The summed E-state index contributed by atoms with van der Waals surface area (Å²) in [6, 6.07) is 67.3. The molecule has 0 aliphatic heterocycles. The first-order valence-electron chi connectivity index (χ1n) is 18.6. The quantitative estimate of drug-likeness (QED) is 0.172. The van der Waals surface area contributed by atoms with Crippen LogP contribution >= 0.6 is 0 Å². The summed E-state index contributed by atoms with van der Waals surface area (Å²) in [6.45, 7) is 0. The molecule has 0 fully saturated rings. The zero-order chi connectivity index (χ0) is 36.5. The predicted molar refractivity (Wildman–Crippen MR) is 230 cm³/mol. The number of aromatic nitrogens is 2. The van der Waals surface area contributed by atoms with Crippen LogP contribution in [-0.4, -0.2) is 9.55 Å². The first kappa shape index (κ1) is 31.0. The first-order valence-corrected chi connectivity index (χ1v) is 18.6. The lowest BCUT2D eigenvalue weighted by Crippen LogP contribution is -1.94. The van der Waals surface area contributed by atoms with E-state index >= 15 is 0 Å². The Balaban J connectivity index is 1.19. The SMILES string of the molecule is N#Cc1ccc2c(c1)c1cc(-c3c4ccccc4c(-c4ccc(-c5cccc6cccnc56)c5ccccc45)c4ccccc34)ccc1n2-c1ccccc1. The maximum atomic E-state index is 9.90. The Morgan fingerprint density at radius 3 is 1.71 bits per heavy atom. The maximum Gasteiger partial charge on any atom is 0.0991 e. The Morgan fingerprint density at radius 2 is 1.00 bits per heavy atom. The van der Waals surface area contributed by atoms with Crippen LogP contribution in [0.3, 0.4) is 0 Å². The van der Waals surface area contributed by atoms with Gasteiger partial charge >= 0.3 is 0 Å². The number of hydrogen-bond acceptors (Lipinski definition) is 2. The van der Waals surface area contributed by atoms with Gasteiger partial charge in [0, 0.05) is 33.6 Å². The van der Waals surface area contributed by atoms with E-state index in [0.717, 1.165) is 49.5 Å². The minimum absolute atomic E-state index is 0.653. The molecule has 11 aromatic rings. The van der Waals surface area contributed by atoms with Gasteiger partial charge in [0.15, 0.2) is 0 Å². The summed E-state index contributed by atoms with van der Waals surface area (Å²) < 4.78 is 2.30. The summed E-state index contributed by atoms with van der Waals surface area (Å²) in [4.78, 5) is 4.81. The maximum absolute atomic E-state index is 9.90. The molecule has 2 aromatic heterocycles. The minimum atomic E-state index is 0.653. The van der Waals surface area contributed by atoms with Crippen LogP contribution in [0.5, 0.6) is 0 Å². The number of hydrogen-bond donors (Lipinski definition) is 0. The van der Waals surface area contributed by atoms with Crippen molar-refractivity contribution in [2.75, 3.05) is 0 Å². The zero-order valence-corrected chi connectivity index (χ0v) is 29.7. The van der Waals surface area contributed by atoms with Crippen molar-refractivity contribution in [2.45, 2.75) is 0 Å². The number of benzene rings is 9. The molecule has 2 heterocycles. The van der Waals surface area contributed by atoms with Crippen molar-refractivity contribution in [3.05, 3.63) is 194 Å². The van der Waals surface area contributed by atoms with Gasteiger partial charge in [-0.25, -0.2) is 0 Å². The molecule has 0 N–H and O–H groups in total. The van der Waals surface area contributed by atoms with Crippen LogP contribution in [-0.2, 0) is 0 Å². The van der Waals surface area contributed by atoms with E-state index in [0.29, 0.717) is 5.56 Å². The Hall–Kier alpha value is -7.54. The largest absolute Gasteiger partial charge is 0.309 e. The van der Waals surface area contributed by atoms with Crippen LogP contribution in [0.25, 0.3) is 104 Å². The highest BCUT2D eigenvalue weighted by molar-refractivity contribution is 6.25. The van der Waals surface area contributed by atoms with E-state index in [2.05, 4.69) is 168 Å². The van der Waals surface area contributed by atoms with Crippen molar-refractivity contribution in [1.29, 1.82) is 5.26 Å². The summed E-state index contributed by atoms with van der Waals surface area (Å²) >= 11 is 0. The van der Waals surface area contributed by atoms with Gasteiger partial charge in [-0.05, 0) is 109 Å². The highest BCUT2D eigenvalue weighted by atomic mass is 15.0. The molecular weight excluding hydrogens is 667 g/mol. The molecule has 3 nitrogen and oxygen atoms in total. The van der Waals surface area contributed by atoms with Gasteiger partial charge in [-0.1, -0.05) is 133 Å². The van der Waals surface area contributed by atoms with Crippen molar-refractivity contribution >= 4 is 65.0 Å². The van der Waals surface area contributed by atoms with Crippen molar-refractivity contribution < 1.29 is 0 Å². The van der Waals surface area contributed by atoms with E-state index in [1.165, 1.54) is 54.6 Å². The first-order chi connectivity index (χ1) is 27.3. The third-order valence-electron chi connectivity index (χ3n) is 11.2. The van der Waals surface area contributed by atoms with Crippen molar-refractivity contribution in [1.82, 2.24) is 9.55 Å². The van der Waals surface area contributed by atoms with Gasteiger partial charge in [0.2, 0.25) is 0 Å². The third kappa shape index (κ3) is 4.72. The van der Waals surface area contributed by atoms with E-state index in [-0.39, 0.29) is 0 Å². The van der Waals surface area contributed by atoms with E-state index < -0.39 is 0 Å². The van der Waals surface area contributed by atoms with Gasteiger partial charge in [0.1, 0.15) is 0 Å². The van der Waals surface area contributed by atoms with Crippen LogP contribution in [0.15, 0.2) is 188 Å². The molecule has 0 radical (unpaired) electrons. The minimum Gasteiger partial charge on any atom is -0.309 e. The lowest BCUT2D eigenvalue weighted by molar-refractivity contribution is 1.18. The van der Waals surface area contributed by atoms with Crippen LogP contribution in [0, 0.1) is 11.3 Å². The second-order valence-corrected chi connectivity index (χ2v) is 14.2. The smallest absolute Gasteiger partial charge is 0.0991 e. The molecule has 0 aliphatic rings. The Kier molecular flexibility index (Phi) is 6.92. The lowest BCUT2D eigenvalue weighted by Gasteiger charge is -2.20. The number of nitriles is 1. The highest BCUT2D eigenvalue weighted by Crippen LogP contribution is 2.47. The second-order valence-electron chi connectivity index (χ2n) is 14.2. The predicted octanol–water partition coefficient (Wildman–Crippen LogP) is 13.7. The molecule has 0 saturated carbocycles. The number of fused-ring (bicyclic) bond motifs is 7. The molecule has 0 atom stereocenters. The van der Waals surface area contributed by atoms with E-state index in [9.17, 15) is 5.26 Å². The molecule has 55 heavy (non-hydrogen) atoms. The molecule has 254 valence electrons. The average Bonchev–Trinajstić information content (AvgIpc) is 3.58. The van der Waals surface area contributed by atoms with Crippen LogP contribution in [0.4, 0.5) is 0 Å². The topological polar surface area (TPSA) is 41.6 Å². The molecule has 3 heteroatoms. The lowest BCUT2D eigenvalue weighted by atomic mass is 9.83. The molecule has 9 aromatic carbocycles.